The van der Waals surface area contributed by atoms with E-state index in [9.17, 15) is 5.11 Å². The van der Waals surface area contributed by atoms with Gasteiger partial charge in [0.1, 0.15) is 10.1 Å². The predicted molar refractivity (Wildman–Crippen MR) is 66.9 cm³/mol. The van der Waals surface area contributed by atoms with Gasteiger partial charge in [-0.15, -0.1) is 0 Å². The second-order valence-electron chi connectivity index (χ2n) is 3.92. The van der Waals surface area contributed by atoms with Crippen molar-refractivity contribution in [3.05, 3.63) is 35.7 Å². The van der Waals surface area contributed by atoms with Gasteiger partial charge < -0.3 is 5.11 Å². The van der Waals surface area contributed by atoms with Crippen molar-refractivity contribution in [3.63, 3.8) is 0 Å². The van der Waals surface area contributed by atoms with Gasteiger partial charge in [-0.2, -0.15) is 5.10 Å². The van der Waals surface area contributed by atoms with Crippen LogP contribution in [-0.2, 0) is 7.05 Å². The zero-order valence-corrected chi connectivity index (χ0v) is 10.9. The van der Waals surface area contributed by atoms with Gasteiger partial charge in [-0.25, -0.2) is 4.98 Å². The highest BCUT2D eigenvalue weighted by molar-refractivity contribution is 7.99. The van der Waals surface area contributed by atoms with Crippen molar-refractivity contribution in [2.75, 3.05) is 0 Å². The molecule has 0 radical (unpaired) electrons. The van der Waals surface area contributed by atoms with Crippen molar-refractivity contribution in [2.24, 2.45) is 7.05 Å². The van der Waals surface area contributed by atoms with Crippen LogP contribution in [0.25, 0.3) is 0 Å². The van der Waals surface area contributed by atoms with Crippen LogP contribution >= 0.6 is 11.8 Å². The Kier molecular flexibility index (Phi) is 3.49. The van der Waals surface area contributed by atoms with E-state index in [0.717, 1.165) is 21.3 Å². The van der Waals surface area contributed by atoms with Gasteiger partial charge >= 0.3 is 0 Å². The molecule has 0 saturated carbocycles. The van der Waals surface area contributed by atoms with E-state index in [4.69, 9.17) is 0 Å². The zero-order chi connectivity index (χ0) is 12.4. The van der Waals surface area contributed by atoms with Crippen LogP contribution in [0.15, 0.2) is 34.4 Å². The number of hydrogen-bond acceptors (Lipinski definition) is 4. The lowest BCUT2D eigenvalue weighted by atomic mass is 10.2. The Morgan fingerprint density at radius 1 is 1.47 bits per heavy atom. The van der Waals surface area contributed by atoms with E-state index in [1.165, 1.54) is 11.8 Å². The number of rotatable bonds is 3. The number of hydrogen-bond donors (Lipinski definition) is 1. The monoisotopic (exact) mass is 249 g/mol. The zero-order valence-electron chi connectivity index (χ0n) is 10.1. The summed E-state index contributed by atoms with van der Waals surface area (Å²) in [6.45, 7) is 3.70. The van der Waals surface area contributed by atoms with E-state index in [2.05, 4.69) is 10.1 Å². The minimum atomic E-state index is -0.513. The first kappa shape index (κ1) is 12.1. The predicted octanol–water partition coefficient (Wildman–Crippen LogP) is 2.33. The second kappa shape index (κ2) is 4.89. The maximum absolute atomic E-state index is 9.68. The molecule has 2 heterocycles. The van der Waals surface area contributed by atoms with Crippen LogP contribution < -0.4 is 0 Å². The summed E-state index contributed by atoms with van der Waals surface area (Å²) < 4.78 is 1.82. The summed E-state index contributed by atoms with van der Waals surface area (Å²) >= 11 is 1.52. The molecule has 1 N–H and O–H groups in total. The molecule has 0 spiro atoms. The average molecular weight is 249 g/mol. The van der Waals surface area contributed by atoms with Crippen LogP contribution in [0, 0.1) is 6.92 Å². The lowest BCUT2D eigenvalue weighted by Gasteiger charge is -2.09. The van der Waals surface area contributed by atoms with E-state index in [-0.39, 0.29) is 0 Å². The summed E-state index contributed by atoms with van der Waals surface area (Å²) in [4.78, 5) is 4.31. The highest BCUT2D eigenvalue weighted by Gasteiger charge is 2.12. The smallest absolute Gasteiger partial charge is 0.108 e. The third-order valence-electron chi connectivity index (χ3n) is 2.41. The van der Waals surface area contributed by atoms with E-state index in [0.29, 0.717) is 0 Å². The molecule has 0 bridgehead atoms. The summed E-state index contributed by atoms with van der Waals surface area (Å²) in [5, 5.41) is 15.8. The standard InChI is InChI=1S/C12H15N3OS/c1-8-7-11(15(3)14-8)17-12-10(9(2)16)5-4-6-13-12/h4-7,9,16H,1-3H3/t9-/m1/s1. The summed E-state index contributed by atoms with van der Waals surface area (Å²) in [6, 6.07) is 5.73. The Morgan fingerprint density at radius 3 is 2.82 bits per heavy atom. The summed E-state index contributed by atoms with van der Waals surface area (Å²) in [5.41, 5.74) is 1.82. The average Bonchev–Trinajstić information content (AvgIpc) is 2.58. The van der Waals surface area contributed by atoms with Crippen LogP contribution in [0.5, 0.6) is 0 Å². The van der Waals surface area contributed by atoms with E-state index in [1.54, 1.807) is 13.1 Å². The fourth-order valence-electron chi connectivity index (χ4n) is 1.59. The molecular formula is C12H15N3OS. The van der Waals surface area contributed by atoms with Gasteiger partial charge in [0.05, 0.1) is 11.8 Å². The Morgan fingerprint density at radius 2 is 2.24 bits per heavy atom. The van der Waals surface area contributed by atoms with Crippen molar-refractivity contribution in [3.8, 4) is 0 Å². The normalized spacial score (nSPS) is 12.7. The first-order valence-electron chi connectivity index (χ1n) is 5.39. The van der Waals surface area contributed by atoms with Crippen molar-refractivity contribution >= 4 is 11.8 Å². The molecule has 0 aliphatic carbocycles. The maximum atomic E-state index is 9.68. The van der Waals surface area contributed by atoms with Gasteiger partial charge in [0.25, 0.3) is 0 Å². The Bertz CT molecular complexity index is 522. The minimum Gasteiger partial charge on any atom is -0.389 e. The number of aliphatic hydroxyl groups excluding tert-OH is 1. The van der Waals surface area contributed by atoms with Gasteiger partial charge in [-0.05, 0) is 26.0 Å². The molecule has 2 aromatic heterocycles. The lowest BCUT2D eigenvalue weighted by molar-refractivity contribution is 0.195. The van der Waals surface area contributed by atoms with Crippen LogP contribution in [0.3, 0.4) is 0 Å². The second-order valence-corrected chi connectivity index (χ2v) is 4.93. The fraction of sp³-hybridized carbons (Fsp3) is 0.333. The molecule has 17 heavy (non-hydrogen) atoms. The molecule has 5 heteroatoms. The van der Waals surface area contributed by atoms with Gasteiger partial charge in [-0.1, -0.05) is 17.8 Å². The Hall–Kier alpha value is -1.33. The van der Waals surface area contributed by atoms with E-state index >= 15 is 0 Å². The van der Waals surface area contributed by atoms with E-state index < -0.39 is 6.10 Å². The summed E-state index contributed by atoms with van der Waals surface area (Å²) in [7, 11) is 1.90. The molecule has 0 unspecified atom stereocenters. The van der Waals surface area contributed by atoms with Gasteiger partial charge in [0.2, 0.25) is 0 Å². The van der Waals surface area contributed by atoms with Crippen LogP contribution in [0.1, 0.15) is 24.3 Å². The molecule has 0 fully saturated rings. The number of aryl methyl sites for hydroxylation is 2. The molecule has 90 valence electrons. The van der Waals surface area contributed by atoms with Crippen LogP contribution in [0.2, 0.25) is 0 Å². The van der Waals surface area contributed by atoms with Crippen LogP contribution in [-0.4, -0.2) is 19.9 Å². The molecule has 1 atom stereocenters. The van der Waals surface area contributed by atoms with E-state index in [1.807, 2.05) is 36.9 Å². The fourth-order valence-corrected chi connectivity index (χ4v) is 2.66. The molecular weight excluding hydrogens is 234 g/mol. The molecule has 0 aromatic carbocycles. The molecule has 0 aliphatic heterocycles. The number of pyridine rings is 1. The first-order valence-corrected chi connectivity index (χ1v) is 6.21. The quantitative estimate of drug-likeness (QED) is 0.907. The van der Waals surface area contributed by atoms with Crippen LogP contribution in [0.4, 0.5) is 0 Å². The lowest BCUT2D eigenvalue weighted by Crippen LogP contribution is -1.98. The Balaban J connectivity index is 2.33. The molecule has 0 saturated heterocycles. The van der Waals surface area contributed by atoms with Gasteiger partial charge in [0.15, 0.2) is 0 Å². The third kappa shape index (κ3) is 2.68. The number of nitrogens with zero attached hydrogens (tertiary/aromatic N) is 3. The first-order chi connectivity index (χ1) is 8.08. The van der Waals surface area contributed by atoms with Gasteiger partial charge in [-0.3, -0.25) is 4.68 Å². The molecule has 2 rings (SSSR count). The van der Waals surface area contributed by atoms with Crippen molar-refractivity contribution < 1.29 is 5.11 Å². The minimum absolute atomic E-state index is 0.513. The maximum Gasteiger partial charge on any atom is 0.108 e. The van der Waals surface area contributed by atoms with Crippen molar-refractivity contribution in [1.29, 1.82) is 0 Å². The highest BCUT2D eigenvalue weighted by Crippen LogP contribution is 2.31. The third-order valence-corrected chi connectivity index (χ3v) is 3.54. The SMILES string of the molecule is Cc1cc(Sc2ncccc2[C@@H](C)O)n(C)n1. The molecule has 4 nitrogen and oxygen atoms in total. The molecule has 0 aliphatic rings. The summed E-state index contributed by atoms with van der Waals surface area (Å²) in [6.07, 6.45) is 1.22. The number of aliphatic hydroxyl groups is 1. The summed E-state index contributed by atoms with van der Waals surface area (Å²) in [5.74, 6) is 0. The van der Waals surface area contributed by atoms with Crippen molar-refractivity contribution in [2.45, 2.75) is 30.0 Å². The molecule has 0 amide bonds. The van der Waals surface area contributed by atoms with Crippen molar-refractivity contribution in [1.82, 2.24) is 14.8 Å². The van der Waals surface area contributed by atoms with Gasteiger partial charge in [0, 0.05) is 18.8 Å². The highest BCUT2D eigenvalue weighted by atomic mass is 32.2. The molecule has 2 aromatic rings. The largest absolute Gasteiger partial charge is 0.389 e. The number of aromatic nitrogens is 3. The Labute approximate surface area is 105 Å². The topological polar surface area (TPSA) is 50.9 Å².